The van der Waals surface area contributed by atoms with Crippen LogP contribution in [0.25, 0.3) is 0 Å². The minimum Gasteiger partial charge on any atom is -0.508 e. The Kier molecular flexibility index (Phi) is 5.09. The number of hydrogen-bond acceptors (Lipinski definition) is 2. The van der Waals surface area contributed by atoms with E-state index >= 15 is 0 Å². The Labute approximate surface area is 147 Å². The SMILES string of the molecule is C/C(=C\CC(C)C1(C)CCc2cc(O)c(C)c(C)c2O1)C(C)(C)C. The van der Waals surface area contributed by atoms with Crippen LogP contribution in [0.5, 0.6) is 11.5 Å². The Balaban J connectivity index is 2.22. The molecule has 2 nitrogen and oxygen atoms in total. The van der Waals surface area contributed by atoms with Gasteiger partial charge in [-0.05, 0) is 81.0 Å². The Morgan fingerprint density at radius 3 is 2.54 bits per heavy atom. The van der Waals surface area contributed by atoms with Crippen LogP contribution in [0.3, 0.4) is 0 Å². The molecule has 0 spiro atoms. The van der Waals surface area contributed by atoms with Crippen molar-refractivity contribution in [3.63, 3.8) is 0 Å². The van der Waals surface area contributed by atoms with Crippen molar-refractivity contribution in [2.75, 3.05) is 0 Å². The molecule has 2 unspecified atom stereocenters. The van der Waals surface area contributed by atoms with Crippen LogP contribution >= 0.6 is 0 Å². The third-order valence-corrected chi connectivity index (χ3v) is 6.12. The monoisotopic (exact) mass is 330 g/mol. The Hall–Kier alpha value is -1.44. The quantitative estimate of drug-likeness (QED) is 0.677. The number of benzene rings is 1. The lowest BCUT2D eigenvalue weighted by molar-refractivity contribution is 0.0131. The fourth-order valence-corrected chi connectivity index (χ4v) is 3.19. The molecular weight excluding hydrogens is 296 g/mol. The van der Waals surface area contributed by atoms with Crippen LogP contribution in [0, 0.1) is 25.2 Å². The first kappa shape index (κ1) is 18.9. The van der Waals surface area contributed by atoms with Crippen LogP contribution in [0.4, 0.5) is 0 Å². The highest BCUT2D eigenvalue weighted by Crippen LogP contribution is 2.43. The van der Waals surface area contributed by atoms with Gasteiger partial charge in [0.2, 0.25) is 0 Å². The lowest BCUT2D eigenvalue weighted by atomic mass is 9.79. The lowest BCUT2D eigenvalue weighted by Crippen LogP contribution is -2.42. The Bertz CT molecular complexity index is 649. The largest absolute Gasteiger partial charge is 0.508 e. The highest BCUT2D eigenvalue weighted by Gasteiger charge is 2.37. The first-order chi connectivity index (χ1) is 11.0. The number of aromatic hydroxyl groups is 1. The van der Waals surface area contributed by atoms with E-state index in [-0.39, 0.29) is 11.0 Å². The number of aryl methyl sites for hydroxylation is 1. The van der Waals surface area contributed by atoms with E-state index in [1.807, 2.05) is 19.9 Å². The maximum absolute atomic E-state index is 10.1. The second kappa shape index (κ2) is 6.46. The smallest absolute Gasteiger partial charge is 0.126 e. The summed E-state index contributed by atoms with van der Waals surface area (Å²) in [6.07, 6.45) is 5.37. The van der Waals surface area contributed by atoms with E-state index in [0.717, 1.165) is 41.7 Å². The molecular formula is C22H34O2. The number of allylic oxidation sites excluding steroid dienone is 2. The average Bonchev–Trinajstić information content (AvgIpc) is 2.50. The van der Waals surface area contributed by atoms with Crippen LogP contribution in [-0.4, -0.2) is 10.7 Å². The van der Waals surface area contributed by atoms with E-state index in [0.29, 0.717) is 11.7 Å². The van der Waals surface area contributed by atoms with Gasteiger partial charge in [0.05, 0.1) is 0 Å². The van der Waals surface area contributed by atoms with Crippen LogP contribution in [0.2, 0.25) is 0 Å². The van der Waals surface area contributed by atoms with Gasteiger partial charge in [0.25, 0.3) is 0 Å². The molecule has 2 atom stereocenters. The second-order valence-electron chi connectivity index (χ2n) is 8.82. The summed E-state index contributed by atoms with van der Waals surface area (Å²) in [6, 6.07) is 1.88. The zero-order chi connectivity index (χ0) is 18.3. The lowest BCUT2D eigenvalue weighted by Gasteiger charge is -2.41. The summed E-state index contributed by atoms with van der Waals surface area (Å²) in [5, 5.41) is 10.1. The van der Waals surface area contributed by atoms with Crippen LogP contribution in [-0.2, 0) is 6.42 Å². The van der Waals surface area contributed by atoms with E-state index in [9.17, 15) is 5.11 Å². The summed E-state index contributed by atoms with van der Waals surface area (Å²) in [5.41, 5.74) is 4.65. The summed E-state index contributed by atoms with van der Waals surface area (Å²) < 4.78 is 6.53. The molecule has 0 amide bonds. The minimum absolute atomic E-state index is 0.157. The van der Waals surface area contributed by atoms with Crippen molar-refractivity contribution in [1.29, 1.82) is 0 Å². The highest BCUT2D eigenvalue weighted by molar-refractivity contribution is 5.53. The van der Waals surface area contributed by atoms with Gasteiger partial charge >= 0.3 is 0 Å². The molecule has 0 radical (unpaired) electrons. The minimum atomic E-state index is -0.157. The highest BCUT2D eigenvalue weighted by atomic mass is 16.5. The summed E-state index contributed by atoms with van der Waals surface area (Å²) >= 11 is 0. The first-order valence-corrected chi connectivity index (χ1v) is 9.14. The van der Waals surface area contributed by atoms with E-state index in [1.54, 1.807) is 0 Å². The van der Waals surface area contributed by atoms with Gasteiger partial charge in [-0.25, -0.2) is 0 Å². The summed E-state index contributed by atoms with van der Waals surface area (Å²) in [6.45, 7) is 17.5. The van der Waals surface area contributed by atoms with Crippen LogP contribution in [0.15, 0.2) is 17.7 Å². The van der Waals surface area contributed by atoms with E-state index < -0.39 is 0 Å². The molecule has 0 aromatic heterocycles. The molecule has 0 fully saturated rings. The molecule has 0 aliphatic carbocycles. The molecule has 24 heavy (non-hydrogen) atoms. The van der Waals surface area contributed by atoms with Crippen molar-refractivity contribution < 1.29 is 9.84 Å². The van der Waals surface area contributed by atoms with Crippen molar-refractivity contribution in [2.24, 2.45) is 11.3 Å². The number of fused-ring (bicyclic) bond motifs is 1. The Morgan fingerprint density at radius 2 is 1.96 bits per heavy atom. The molecule has 1 aromatic carbocycles. The van der Waals surface area contributed by atoms with Gasteiger partial charge in [-0.3, -0.25) is 0 Å². The van der Waals surface area contributed by atoms with Gasteiger partial charge < -0.3 is 9.84 Å². The van der Waals surface area contributed by atoms with E-state index in [1.165, 1.54) is 5.57 Å². The molecule has 1 aliphatic rings. The van der Waals surface area contributed by atoms with Gasteiger partial charge in [-0.15, -0.1) is 0 Å². The number of rotatable bonds is 3. The van der Waals surface area contributed by atoms with Crippen molar-refractivity contribution in [2.45, 2.75) is 80.3 Å². The van der Waals surface area contributed by atoms with Crippen molar-refractivity contribution in [3.8, 4) is 11.5 Å². The zero-order valence-electron chi connectivity index (χ0n) is 16.7. The fourth-order valence-electron chi connectivity index (χ4n) is 3.19. The topological polar surface area (TPSA) is 29.5 Å². The molecule has 1 aromatic rings. The summed E-state index contributed by atoms with van der Waals surface area (Å²) in [4.78, 5) is 0. The normalized spacial score (nSPS) is 22.8. The molecule has 1 heterocycles. The predicted octanol–water partition coefficient (Wildman–Crippen LogP) is 6.11. The maximum Gasteiger partial charge on any atom is 0.126 e. The third kappa shape index (κ3) is 3.63. The predicted molar refractivity (Wildman–Crippen MR) is 102 cm³/mol. The van der Waals surface area contributed by atoms with Gasteiger partial charge in [0, 0.05) is 0 Å². The average molecular weight is 331 g/mol. The molecule has 1 aliphatic heterocycles. The van der Waals surface area contributed by atoms with Crippen molar-refractivity contribution in [3.05, 3.63) is 34.4 Å². The van der Waals surface area contributed by atoms with E-state index in [2.05, 4.69) is 47.6 Å². The van der Waals surface area contributed by atoms with Crippen molar-refractivity contribution in [1.82, 2.24) is 0 Å². The van der Waals surface area contributed by atoms with Crippen LogP contribution in [0.1, 0.15) is 71.1 Å². The van der Waals surface area contributed by atoms with Crippen LogP contribution < -0.4 is 4.74 Å². The standard InChI is InChI=1S/C22H34O2/c1-14(21(5,6)7)9-10-15(2)22(8)12-11-18-13-19(23)16(3)17(4)20(18)24-22/h9,13,15,23H,10-12H2,1-8H3/b14-9+. The molecule has 0 saturated heterocycles. The maximum atomic E-state index is 10.1. The van der Waals surface area contributed by atoms with Gasteiger partial charge in [-0.2, -0.15) is 0 Å². The van der Waals surface area contributed by atoms with Gasteiger partial charge in [0.15, 0.2) is 0 Å². The molecule has 134 valence electrons. The molecule has 1 N–H and O–H groups in total. The number of phenols is 1. The van der Waals surface area contributed by atoms with Gasteiger partial charge in [-0.1, -0.05) is 39.3 Å². The summed E-state index contributed by atoms with van der Waals surface area (Å²) in [7, 11) is 0. The van der Waals surface area contributed by atoms with Gasteiger partial charge in [0.1, 0.15) is 17.1 Å². The first-order valence-electron chi connectivity index (χ1n) is 9.14. The number of hydrogen-bond donors (Lipinski definition) is 1. The third-order valence-electron chi connectivity index (χ3n) is 6.12. The molecule has 0 saturated carbocycles. The second-order valence-corrected chi connectivity index (χ2v) is 8.82. The molecule has 2 heteroatoms. The van der Waals surface area contributed by atoms with E-state index in [4.69, 9.17) is 4.74 Å². The number of ether oxygens (including phenoxy) is 1. The molecule has 0 bridgehead atoms. The zero-order valence-corrected chi connectivity index (χ0v) is 16.7. The summed E-state index contributed by atoms with van der Waals surface area (Å²) in [5.74, 6) is 1.81. The fraction of sp³-hybridized carbons (Fsp3) is 0.636. The molecule has 2 rings (SSSR count). The number of phenolic OH excluding ortho intramolecular Hbond substituents is 1. The van der Waals surface area contributed by atoms with Crippen molar-refractivity contribution >= 4 is 0 Å². The Morgan fingerprint density at radius 1 is 1.33 bits per heavy atom.